The Morgan fingerprint density at radius 1 is 0.680 bits per heavy atom. The zero-order valence-electron chi connectivity index (χ0n) is 14.6. The van der Waals surface area contributed by atoms with E-state index in [2.05, 4.69) is 49.2 Å². The van der Waals surface area contributed by atoms with Crippen molar-refractivity contribution in [2.75, 3.05) is 0 Å². The zero-order chi connectivity index (χ0) is 18.4. The van der Waals surface area contributed by atoms with Crippen LogP contribution in [-0.2, 0) is 0 Å². The molecule has 0 aliphatic carbocycles. The third-order valence-electron chi connectivity index (χ3n) is 3.86. The number of hydrogen-bond acceptors (Lipinski definition) is 0. The average Bonchev–Trinajstić information content (AvgIpc) is 2.61. The predicted molar refractivity (Wildman–Crippen MR) is 100 cm³/mol. The van der Waals surface area contributed by atoms with Gasteiger partial charge < -0.3 is 0 Å². The highest BCUT2D eigenvalue weighted by molar-refractivity contribution is 5.64. The van der Waals surface area contributed by atoms with Crippen LogP contribution in [0.1, 0.15) is 22.3 Å². The van der Waals surface area contributed by atoms with Gasteiger partial charge in [0, 0.05) is 11.1 Å². The summed E-state index contributed by atoms with van der Waals surface area (Å²) in [7, 11) is 0. The molecule has 0 fully saturated rings. The Labute approximate surface area is 148 Å². The highest BCUT2D eigenvalue weighted by Gasteiger charge is 2.03. The van der Waals surface area contributed by atoms with Crippen molar-refractivity contribution < 1.29 is 8.78 Å². The van der Waals surface area contributed by atoms with E-state index in [-0.39, 0.29) is 5.56 Å². The molecule has 0 radical (unpaired) electrons. The van der Waals surface area contributed by atoms with Crippen LogP contribution in [0.15, 0.2) is 60.7 Å². The number of hydrogen-bond donors (Lipinski definition) is 0. The van der Waals surface area contributed by atoms with Crippen molar-refractivity contribution >= 4 is 0 Å². The first-order valence-electron chi connectivity index (χ1n) is 7.96. The zero-order valence-corrected chi connectivity index (χ0v) is 14.6. The van der Waals surface area contributed by atoms with Crippen molar-refractivity contribution in [2.45, 2.75) is 20.8 Å². The topological polar surface area (TPSA) is 0 Å². The lowest BCUT2D eigenvalue weighted by Crippen LogP contribution is -1.88. The fraction of sp³-hybridized carbons (Fsp3) is 0.130. The highest BCUT2D eigenvalue weighted by Crippen LogP contribution is 2.19. The van der Waals surface area contributed by atoms with E-state index in [0.29, 0.717) is 5.56 Å². The Hall–Kier alpha value is -2.92. The fourth-order valence-corrected chi connectivity index (χ4v) is 2.28. The van der Waals surface area contributed by atoms with Gasteiger partial charge in [-0.15, -0.1) is 6.42 Å². The molecule has 0 aliphatic rings. The molecule has 0 N–H and O–H groups in total. The lowest BCUT2D eigenvalue weighted by atomic mass is 10.0. The largest absolute Gasteiger partial charge is 0.207 e. The van der Waals surface area contributed by atoms with Crippen molar-refractivity contribution in [3.05, 3.63) is 94.6 Å². The van der Waals surface area contributed by atoms with Crippen LogP contribution >= 0.6 is 0 Å². The maximum absolute atomic E-state index is 12.6. The molecular weight excluding hydrogens is 314 g/mol. The molecule has 0 amide bonds. The summed E-state index contributed by atoms with van der Waals surface area (Å²) < 4.78 is 25.2. The van der Waals surface area contributed by atoms with Gasteiger partial charge in [0.1, 0.15) is 11.6 Å². The van der Waals surface area contributed by atoms with Crippen LogP contribution in [0.4, 0.5) is 8.78 Å². The Kier molecular flexibility index (Phi) is 6.08. The van der Waals surface area contributed by atoms with E-state index in [0.717, 1.165) is 5.56 Å². The normalized spacial score (nSPS) is 9.76. The number of aryl methyl sites for hydroxylation is 2. The minimum atomic E-state index is -0.475. The molecule has 0 nitrogen and oxygen atoms in total. The lowest BCUT2D eigenvalue weighted by Gasteiger charge is -2.02. The van der Waals surface area contributed by atoms with Crippen molar-refractivity contribution in [2.24, 2.45) is 0 Å². The molecule has 0 spiro atoms. The molecule has 0 bridgehead atoms. The minimum absolute atomic E-state index is 0.0885. The first-order chi connectivity index (χ1) is 11.9. The summed E-state index contributed by atoms with van der Waals surface area (Å²) in [5.74, 6) is 1.67. The molecular formula is C23H20F2. The summed E-state index contributed by atoms with van der Waals surface area (Å²) in [5, 5.41) is 0. The summed E-state index contributed by atoms with van der Waals surface area (Å²) in [6.45, 7) is 5.17. The third kappa shape index (κ3) is 5.02. The first kappa shape index (κ1) is 18.4. The van der Waals surface area contributed by atoms with Gasteiger partial charge in [0.05, 0.1) is 0 Å². The van der Waals surface area contributed by atoms with E-state index in [1.54, 1.807) is 6.92 Å². The molecule has 0 saturated carbocycles. The molecule has 3 aromatic carbocycles. The molecule has 0 unspecified atom stereocenters. The molecule has 0 aliphatic heterocycles. The van der Waals surface area contributed by atoms with Gasteiger partial charge in [-0.05, 0) is 61.7 Å². The second-order valence-corrected chi connectivity index (χ2v) is 5.94. The summed E-state index contributed by atoms with van der Waals surface area (Å²) in [6.07, 6.45) is 5.31. The van der Waals surface area contributed by atoms with Gasteiger partial charge in [0.15, 0.2) is 0 Å². The molecule has 126 valence electrons. The molecule has 0 atom stereocenters. The molecule has 0 saturated heterocycles. The predicted octanol–water partition coefficient (Wildman–Crippen LogP) is 6.22. The molecule has 3 rings (SSSR count). The first-order valence-corrected chi connectivity index (χ1v) is 7.96. The van der Waals surface area contributed by atoms with Gasteiger partial charge in [0.2, 0.25) is 0 Å². The monoisotopic (exact) mass is 334 g/mol. The molecule has 25 heavy (non-hydrogen) atoms. The van der Waals surface area contributed by atoms with E-state index in [1.807, 2.05) is 12.1 Å². The van der Waals surface area contributed by atoms with Crippen molar-refractivity contribution in [3.8, 4) is 23.5 Å². The molecule has 2 heteroatoms. The minimum Gasteiger partial charge on any atom is -0.207 e. The quantitative estimate of drug-likeness (QED) is 0.463. The number of terminal acetylenes is 1. The smallest absolute Gasteiger partial charge is 0.129 e. The SMILES string of the molecule is C#Cc1ccc(-c2ccc(C)cc2)cc1.Cc1cc(F)c(C)c(F)c1. The highest BCUT2D eigenvalue weighted by atomic mass is 19.1. The van der Waals surface area contributed by atoms with E-state index in [1.165, 1.54) is 35.7 Å². The van der Waals surface area contributed by atoms with Crippen LogP contribution in [0.5, 0.6) is 0 Å². The van der Waals surface area contributed by atoms with Crippen LogP contribution in [0.3, 0.4) is 0 Å². The average molecular weight is 334 g/mol. The summed E-state index contributed by atoms with van der Waals surface area (Å²) in [6, 6.07) is 19.2. The Bertz CT molecular complexity index is 860. The van der Waals surface area contributed by atoms with Gasteiger partial charge in [-0.3, -0.25) is 0 Å². The fourth-order valence-electron chi connectivity index (χ4n) is 2.28. The van der Waals surface area contributed by atoms with Crippen molar-refractivity contribution in [1.82, 2.24) is 0 Å². The number of rotatable bonds is 1. The Morgan fingerprint density at radius 2 is 1.12 bits per heavy atom. The van der Waals surface area contributed by atoms with Crippen LogP contribution < -0.4 is 0 Å². The second kappa shape index (κ2) is 8.26. The van der Waals surface area contributed by atoms with Crippen LogP contribution in [0.25, 0.3) is 11.1 Å². The molecule has 3 aromatic rings. The maximum Gasteiger partial charge on any atom is 0.129 e. The standard InChI is InChI=1S/C15H12.C8H8F2/c1-3-13-6-10-15(11-7-13)14-8-4-12(2)5-9-14;1-5-3-7(9)6(2)8(10)4-5/h1,4-11H,2H3;3-4H,1-2H3. The Morgan fingerprint density at radius 3 is 1.56 bits per heavy atom. The molecule has 0 heterocycles. The summed E-state index contributed by atoms with van der Waals surface area (Å²) in [4.78, 5) is 0. The van der Waals surface area contributed by atoms with E-state index in [4.69, 9.17) is 6.42 Å². The second-order valence-electron chi connectivity index (χ2n) is 5.94. The van der Waals surface area contributed by atoms with E-state index in [9.17, 15) is 8.78 Å². The maximum atomic E-state index is 12.6. The van der Waals surface area contributed by atoms with Gasteiger partial charge in [-0.1, -0.05) is 47.9 Å². The van der Waals surface area contributed by atoms with Gasteiger partial charge in [0.25, 0.3) is 0 Å². The lowest BCUT2D eigenvalue weighted by molar-refractivity contribution is 0.566. The molecule has 0 aromatic heterocycles. The summed E-state index contributed by atoms with van der Waals surface area (Å²) >= 11 is 0. The number of benzene rings is 3. The van der Waals surface area contributed by atoms with E-state index < -0.39 is 11.6 Å². The van der Waals surface area contributed by atoms with E-state index >= 15 is 0 Å². The summed E-state index contributed by atoms with van der Waals surface area (Å²) in [5.41, 5.74) is 5.33. The third-order valence-corrected chi connectivity index (χ3v) is 3.86. The van der Waals surface area contributed by atoms with Gasteiger partial charge in [-0.25, -0.2) is 8.78 Å². The Balaban J connectivity index is 0.000000196. The number of halogens is 2. The van der Waals surface area contributed by atoms with Crippen molar-refractivity contribution in [3.63, 3.8) is 0 Å². The van der Waals surface area contributed by atoms with Crippen LogP contribution in [0.2, 0.25) is 0 Å². The van der Waals surface area contributed by atoms with Crippen LogP contribution in [0, 0.1) is 44.7 Å². The van der Waals surface area contributed by atoms with Crippen LogP contribution in [-0.4, -0.2) is 0 Å². The van der Waals surface area contributed by atoms with Crippen molar-refractivity contribution in [1.29, 1.82) is 0 Å². The van der Waals surface area contributed by atoms with Gasteiger partial charge in [-0.2, -0.15) is 0 Å². The van der Waals surface area contributed by atoms with Gasteiger partial charge >= 0.3 is 0 Å².